The number of benzene rings is 2. The van der Waals surface area contributed by atoms with Crippen LogP contribution in [0.3, 0.4) is 0 Å². The molecule has 2 aromatic carbocycles. The van der Waals surface area contributed by atoms with Gasteiger partial charge in [0.15, 0.2) is 11.5 Å². The van der Waals surface area contributed by atoms with E-state index < -0.39 is 0 Å². The molecule has 2 rings (SSSR count). The molecule has 0 saturated heterocycles. The Labute approximate surface area is 141 Å². The molecule has 0 saturated carbocycles. The van der Waals surface area contributed by atoms with Gasteiger partial charge in [-0.15, -0.1) is 0 Å². The van der Waals surface area contributed by atoms with E-state index in [1.54, 1.807) is 38.6 Å². The third-order valence-corrected chi connectivity index (χ3v) is 3.73. The van der Waals surface area contributed by atoms with E-state index in [0.717, 1.165) is 22.4 Å². The third kappa shape index (κ3) is 3.74. The zero-order chi connectivity index (χ0) is 17.7. The fourth-order valence-corrected chi connectivity index (χ4v) is 2.32. The highest BCUT2D eigenvalue weighted by Crippen LogP contribution is 2.30. The highest BCUT2D eigenvalue weighted by molar-refractivity contribution is 5.90. The van der Waals surface area contributed by atoms with Crippen LogP contribution in [0, 0.1) is 13.8 Å². The number of methoxy groups -OCH3 is 3. The lowest BCUT2D eigenvalue weighted by Gasteiger charge is -2.10. The van der Waals surface area contributed by atoms with Gasteiger partial charge in [0.1, 0.15) is 0 Å². The molecule has 0 aliphatic rings. The number of carbonyl (C=O) groups is 1. The normalized spacial score (nSPS) is 10.7. The van der Waals surface area contributed by atoms with Crippen molar-refractivity contribution >= 4 is 17.9 Å². The number of hydrogen-bond acceptors (Lipinski definition) is 5. The monoisotopic (exact) mass is 327 g/mol. The Balaban J connectivity index is 2.33. The van der Waals surface area contributed by atoms with Gasteiger partial charge in [0.2, 0.25) is 0 Å². The van der Waals surface area contributed by atoms with Gasteiger partial charge < -0.3 is 14.2 Å². The van der Waals surface area contributed by atoms with Crippen molar-refractivity contribution in [2.24, 2.45) is 4.99 Å². The molecule has 0 bridgehead atoms. The maximum Gasteiger partial charge on any atom is 0.337 e. The summed E-state index contributed by atoms with van der Waals surface area (Å²) in [6.45, 7) is 3.89. The van der Waals surface area contributed by atoms with Crippen molar-refractivity contribution in [2.45, 2.75) is 13.8 Å². The molecule has 24 heavy (non-hydrogen) atoms. The van der Waals surface area contributed by atoms with Crippen molar-refractivity contribution in [2.75, 3.05) is 21.3 Å². The SMILES string of the molecule is COC(=O)c1ccc(N=Cc2cc(OC)c(OC)cc2C)c(C)c1. The van der Waals surface area contributed by atoms with Gasteiger partial charge in [-0.3, -0.25) is 4.99 Å². The van der Waals surface area contributed by atoms with E-state index in [9.17, 15) is 4.79 Å². The smallest absolute Gasteiger partial charge is 0.337 e. The van der Waals surface area contributed by atoms with Crippen LogP contribution in [0.15, 0.2) is 35.3 Å². The van der Waals surface area contributed by atoms with E-state index in [1.165, 1.54) is 7.11 Å². The molecule has 5 heteroatoms. The van der Waals surface area contributed by atoms with Gasteiger partial charge in [0.05, 0.1) is 32.6 Å². The molecule has 0 aromatic heterocycles. The topological polar surface area (TPSA) is 57.1 Å². The first-order chi connectivity index (χ1) is 11.5. The van der Waals surface area contributed by atoms with E-state index >= 15 is 0 Å². The lowest BCUT2D eigenvalue weighted by Crippen LogP contribution is -2.01. The summed E-state index contributed by atoms with van der Waals surface area (Å²) >= 11 is 0. The first-order valence-electron chi connectivity index (χ1n) is 7.45. The number of aliphatic imine (C=N–C) groups is 1. The maximum atomic E-state index is 11.5. The van der Waals surface area contributed by atoms with Crippen LogP contribution in [0.4, 0.5) is 5.69 Å². The van der Waals surface area contributed by atoms with Crippen LogP contribution in [0.1, 0.15) is 27.0 Å². The Morgan fingerprint density at radius 2 is 1.62 bits per heavy atom. The lowest BCUT2D eigenvalue weighted by molar-refractivity contribution is 0.0600. The maximum absolute atomic E-state index is 11.5. The van der Waals surface area contributed by atoms with Crippen LogP contribution in [0.5, 0.6) is 11.5 Å². The molecule has 2 aromatic rings. The number of rotatable bonds is 5. The minimum Gasteiger partial charge on any atom is -0.493 e. The molecule has 0 fully saturated rings. The Morgan fingerprint density at radius 1 is 0.958 bits per heavy atom. The molecule has 5 nitrogen and oxygen atoms in total. The van der Waals surface area contributed by atoms with E-state index in [0.29, 0.717) is 17.1 Å². The van der Waals surface area contributed by atoms with Gasteiger partial charge in [0.25, 0.3) is 0 Å². The average Bonchev–Trinajstić information content (AvgIpc) is 2.60. The number of hydrogen-bond donors (Lipinski definition) is 0. The summed E-state index contributed by atoms with van der Waals surface area (Å²) in [4.78, 5) is 16.1. The van der Waals surface area contributed by atoms with Crippen molar-refractivity contribution in [3.63, 3.8) is 0 Å². The van der Waals surface area contributed by atoms with E-state index in [1.807, 2.05) is 26.0 Å². The minimum atomic E-state index is -0.357. The van der Waals surface area contributed by atoms with Gasteiger partial charge in [0, 0.05) is 6.21 Å². The molecule has 0 heterocycles. The molecule has 0 atom stereocenters. The Morgan fingerprint density at radius 3 is 2.21 bits per heavy atom. The van der Waals surface area contributed by atoms with Crippen LogP contribution >= 0.6 is 0 Å². The van der Waals surface area contributed by atoms with Crippen LogP contribution in [0.2, 0.25) is 0 Å². The fourth-order valence-electron chi connectivity index (χ4n) is 2.32. The van der Waals surface area contributed by atoms with Crippen molar-refractivity contribution in [1.82, 2.24) is 0 Å². The van der Waals surface area contributed by atoms with Gasteiger partial charge >= 0.3 is 5.97 Å². The highest BCUT2D eigenvalue weighted by Gasteiger charge is 2.09. The summed E-state index contributed by atoms with van der Waals surface area (Å²) in [7, 11) is 4.57. The number of aryl methyl sites for hydroxylation is 2. The Bertz CT molecular complexity index is 781. The van der Waals surface area contributed by atoms with Crippen LogP contribution in [-0.4, -0.2) is 33.5 Å². The number of esters is 1. The van der Waals surface area contributed by atoms with Crippen molar-refractivity contribution < 1.29 is 19.0 Å². The number of ether oxygens (including phenoxy) is 3. The fraction of sp³-hybridized carbons (Fsp3) is 0.263. The van der Waals surface area contributed by atoms with E-state index in [2.05, 4.69) is 4.99 Å². The molecule has 0 aliphatic heterocycles. The zero-order valence-corrected chi connectivity index (χ0v) is 14.5. The molecule has 0 unspecified atom stereocenters. The van der Waals surface area contributed by atoms with Crippen LogP contribution < -0.4 is 9.47 Å². The minimum absolute atomic E-state index is 0.357. The van der Waals surface area contributed by atoms with Crippen molar-refractivity contribution in [3.05, 3.63) is 52.6 Å². The number of nitrogens with zero attached hydrogens (tertiary/aromatic N) is 1. The summed E-state index contributed by atoms with van der Waals surface area (Å²) < 4.78 is 15.3. The first kappa shape index (κ1) is 17.5. The quantitative estimate of drug-likeness (QED) is 0.618. The molecule has 0 radical (unpaired) electrons. The van der Waals surface area contributed by atoms with E-state index in [-0.39, 0.29) is 5.97 Å². The van der Waals surface area contributed by atoms with Crippen LogP contribution in [0.25, 0.3) is 0 Å². The van der Waals surface area contributed by atoms with Crippen molar-refractivity contribution in [3.8, 4) is 11.5 Å². The summed E-state index contributed by atoms with van der Waals surface area (Å²) in [6.07, 6.45) is 1.78. The summed E-state index contributed by atoms with van der Waals surface area (Å²) in [5.41, 5.74) is 4.16. The lowest BCUT2D eigenvalue weighted by atomic mass is 10.1. The van der Waals surface area contributed by atoms with Crippen molar-refractivity contribution in [1.29, 1.82) is 0 Å². The largest absolute Gasteiger partial charge is 0.493 e. The van der Waals surface area contributed by atoms with E-state index in [4.69, 9.17) is 14.2 Å². The van der Waals surface area contributed by atoms with Gasteiger partial charge in [-0.05, 0) is 60.9 Å². The standard InChI is InChI=1S/C19H21NO4/c1-12-9-17(22-3)18(23-4)10-15(12)11-20-16-7-6-14(8-13(16)2)19(21)24-5/h6-11H,1-5H3. The molecule has 0 amide bonds. The second-order valence-electron chi connectivity index (χ2n) is 5.31. The highest BCUT2D eigenvalue weighted by atomic mass is 16.5. The molecule has 0 spiro atoms. The zero-order valence-electron chi connectivity index (χ0n) is 14.5. The molecule has 0 aliphatic carbocycles. The Kier molecular flexibility index (Phi) is 5.58. The molecule has 126 valence electrons. The summed E-state index contributed by atoms with van der Waals surface area (Å²) in [6, 6.07) is 9.06. The average molecular weight is 327 g/mol. The second kappa shape index (κ2) is 7.64. The second-order valence-corrected chi connectivity index (χ2v) is 5.31. The summed E-state index contributed by atoms with van der Waals surface area (Å²) in [5.74, 6) is 0.984. The third-order valence-electron chi connectivity index (χ3n) is 3.73. The van der Waals surface area contributed by atoms with Gasteiger partial charge in [-0.25, -0.2) is 4.79 Å². The molecular formula is C19H21NO4. The number of carbonyl (C=O) groups excluding carboxylic acids is 1. The summed E-state index contributed by atoms with van der Waals surface area (Å²) in [5, 5.41) is 0. The predicted octanol–water partition coefficient (Wildman–Crippen LogP) is 3.86. The Hall–Kier alpha value is -2.82. The van der Waals surface area contributed by atoms with Gasteiger partial charge in [-0.1, -0.05) is 0 Å². The van der Waals surface area contributed by atoms with Crippen LogP contribution in [-0.2, 0) is 4.74 Å². The molecular weight excluding hydrogens is 306 g/mol. The first-order valence-corrected chi connectivity index (χ1v) is 7.45. The van der Waals surface area contributed by atoms with Gasteiger partial charge in [-0.2, -0.15) is 0 Å². The molecule has 0 N–H and O–H groups in total. The predicted molar refractivity (Wildman–Crippen MR) is 94.1 cm³/mol.